The van der Waals surface area contributed by atoms with Crippen LogP contribution in [0.3, 0.4) is 0 Å². The van der Waals surface area contributed by atoms with Crippen LogP contribution in [0.4, 0.5) is 0 Å². The van der Waals surface area contributed by atoms with E-state index in [-0.39, 0.29) is 44.3 Å². The number of nitrogens with zero attached hydrogens (tertiary/aromatic N) is 3. The van der Waals surface area contributed by atoms with Gasteiger partial charge in [-0.1, -0.05) is 0 Å². The molecule has 1 N–H and O–H groups in total. The Kier molecular flexibility index (Phi) is 6.62. The second-order valence-electron chi connectivity index (χ2n) is 7.51. The first-order chi connectivity index (χ1) is 13.7. The average Bonchev–Trinajstić information content (AvgIpc) is 3.21. The Bertz CT molecular complexity index is 809. The summed E-state index contributed by atoms with van der Waals surface area (Å²) in [5.41, 5.74) is 0.342. The van der Waals surface area contributed by atoms with Crippen LogP contribution in [0.15, 0.2) is 23.0 Å². The number of rotatable bonds is 5. The van der Waals surface area contributed by atoms with Crippen molar-refractivity contribution in [3.8, 4) is 0 Å². The molecule has 162 valence electrons. The van der Waals surface area contributed by atoms with E-state index in [4.69, 9.17) is 9.15 Å². The van der Waals surface area contributed by atoms with Crippen LogP contribution in [-0.4, -0.2) is 91.3 Å². The smallest absolute Gasteiger partial charge is 0.282 e. The van der Waals surface area contributed by atoms with Crippen molar-refractivity contribution in [1.29, 1.82) is 0 Å². The zero-order valence-corrected chi connectivity index (χ0v) is 17.7. The van der Waals surface area contributed by atoms with Gasteiger partial charge in [-0.2, -0.15) is 17.0 Å². The number of furan rings is 1. The van der Waals surface area contributed by atoms with Gasteiger partial charge in [-0.25, -0.2) is 0 Å². The fraction of sp³-hybridized carbons (Fsp3) is 0.667. The first kappa shape index (κ1) is 21.8. The van der Waals surface area contributed by atoms with Crippen LogP contribution in [0.5, 0.6) is 0 Å². The van der Waals surface area contributed by atoms with Gasteiger partial charge in [0.1, 0.15) is 12.3 Å². The molecule has 3 rings (SSSR count). The van der Waals surface area contributed by atoms with Crippen LogP contribution in [0.25, 0.3) is 0 Å². The molecule has 3 atom stereocenters. The van der Waals surface area contributed by atoms with Gasteiger partial charge in [0.25, 0.3) is 16.1 Å². The highest BCUT2D eigenvalue weighted by Gasteiger charge is 2.37. The molecule has 10 nitrogen and oxygen atoms in total. The maximum atomic E-state index is 12.9. The molecule has 0 aromatic carbocycles. The number of hydrogen-bond acceptors (Lipinski definition) is 6. The molecule has 3 heterocycles. The summed E-state index contributed by atoms with van der Waals surface area (Å²) in [5, 5.41) is 2.64. The number of ether oxygens (including phenoxy) is 1. The Hall–Kier alpha value is -1.95. The molecule has 1 aromatic heterocycles. The molecular formula is C18H28N4O6S. The van der Waals surface area contributed by atoms with E-state index in [1.54, 1.807) is 11.8 Å². The van der Waals surface area contributed by atoms with Crippen LogP contribution < -0.4 is 5.32 Å². The standard InChI is InChI=1S/C18H28N4O6S/c1-13-10-22(11-14(2)28-13)29(25,26)21-7-5-20(6-8-21)18(24)15(3)19-17(23)16-4-9-27-12-16/h4,9,12-15H,5-8,10-11H2,1-3H3,(H,19,23)/t13-,14-,15-/m1/s1. The highest BCUT2D eigenvalue weighted by molar-refractivity contribution is 7.86. The van der Waals surface area contributed by atoms with E-state index in [2.05, 4.69) is 5.32 Å². The third-order valence-electron chi connectivity index (χ3n) is 5.09. The Morgan fingerprint density at radius 3 is 2.28 bits per heavy atom. The van der Waals surface area contributed by atoms with Crippen molar-refractivity contribution in [3.63, 3.8) is 0 Å². The van der Waals surface area contributed by atoms with Crippen molar-refractivity contribution < 1.29 is 27.2 Å². The quantitative estimate of drug-likeness (QED) is 0.701. The van der Waals surface area contributed by atoms with E-state index < -0.39 is 22.2 Å². The second kappa shape index (κ2) is 8.82. The summed E-state index contributed by atoms with van der Waals surface area (Å²) in [7, 11) is -3.60. The zero-order chi connectivity index (χ0) is 21.2. The van der Waals surface area contributed by atoms with Gasteiger partial charge in [-0.3, -0.25) is 9.59 Å². The van der Waals surface area contributed by atoms with Crippen molar-refractivity contribution in [2.75, 3.05) is 39.3 Å². The zero-order valence-electron chi connectivity index (χ0n) is 16.9. The molecular weight excluding hydrogens is 400 g/mol. The fourth-order valence-electron chi connectivity index (χ4n) is 3.63. The summed E-state index contributed by atoms with van der Waals surface area (Å²) in [6.07, 6.45) is 2.38. The number of hydrogen-bond donors (Lipinski definition) is 1. The van der Waals surface area contributed by atoms with Gasteiger partial charge in [0.05, 0.1) is 24.0 Å². The van der Waals surface area contributed by atoms with E-state index in [0.29, 0.717) is 18.7 Å². The third-order valence-corrected chi connectivity index (χ3v) is 7.06. The third kappa shape index (κ3) is 4.97. The molecule has 0 unspecified atom stereocenters. The van der Waals surface area contributed by atoms with Gasteiger partial charge >= 0.3 is 0 Å². The van der Waals surface area contributed by atoms with E-state index in [1.807, 2.05) is 13.8 Å². The van der Waals surface area contributed by atoms with Gasteiger partial charge < -0.3 is 19.4 Å². The van der Waals surface area contributed by atoms with Crippen molar-refractivity contribution in [1.82, 2.24) is 18.8 Å². The predicted molar refractivity (Wildman–Crippen MR) is 104 cm³/mol. The Morgan fingerprint density at radius 2 is 1.72 bits per heavy atom. The lowest BCUT2D eigenvalue weighted by molar-refractivity contribution is -0.134. The number of piperazine rings is 1. The first-order valence-electron chi connectivity index (χ1n) is 9.71. The van der Waals surface area contributed by atoms with E-state index in [0.717, 1.165) is 0 Å². The summed E-state index contributed by atoms with van der Waals surface area (Å²) < 4.78 is 39.2. The summed E-state index contributed by atoms with van der Waals surface area (Å²) >= 11 is 0. The summed E-state index contributed by atoms with van der Waals surface area (Å²) in [5.74, 6) is -0.635. The molecule has 2 aliphatic heterocycles. The average molecular weight is 429 g/mol. The van der Waals surface area contributed by atoms with Gasteiger partial charge in [0, 0.05) is 39.3 Å². The molecule has 0 spiro atoms. The van der Waals surface area contributed by atoms with Gasteiger partial charge in [0.15, 0.2) is 0 Å². The molecule has 29 heavy (non-hydrogen) atoms. The summed E-state index contributed by atoms with van der Waals surface area (Å²) in [6.45, 7) is 6.96. The molecule has 2 fully saturated rings. The molecule has 1 aromatic rings. The van der Waals surface area contributed by atoms with Gasteiger partial charge in [-0.15, -0.1) is 0 Å². The van der Waals surface area contributed by atoms with Crippen molar-refractivity contribution in [2.45, 2.75) is 39.0 Å². The topological polar surface area (TPSA) is 112 Å². The molecule has 2 saturated heterocycles. The summed E-state index contributed by atoms with van der Waals surface area (Å²) in [6, 6.07) is 0.797. The molecule has 2 amide bonds. The number of carbonyl (C=O) groups is 2. The SMILES string of the molecule is C[C@@H]1CN(S(=O)(=O)N2CCN(C(=O)[C@@H](C)NC(=O)c3ccoc3)CC2)C[C@@H](C)O1. The molecule has 2 aliphatic rings. The molecule has 0 radical (unpaired) electrons. The molecule has 0 aliphatic carbocycles. The van der Waals surface area contributed by atoms with Crippen molar-refractivity contribution in [2.24, 2.45) is 0 Å². The van der Waals surface area contributed by atoms with E-state index >= 15 is 0 Å². The lowest BCUT2D eigenvalue weighted by Gasteiger charge is -2.40. The second-order valence-corrected chi connectivity index (χ2v) is 9.44. The van der Waals surface area contributed by atoms with Gasteiger partial charge in [0.2, 0.25) is 5.91 Å². The van der Waals surface area contributed by atoms with Crippen molar-refractivity contribution in [3.05, 3.63) is 24.2 Å². The monoisotopic (exact) mass is 428 g/mol. The molecule has 0 bridgehead atoms. The predicted octanol–water partition coefficient (Wildman–Crippen LogP) is -0.104. The number of amides is 2. The lowest BCUT2D eigenvalue weighted by Crippen LogP contribution is -2.59. The summed E-state index contributed by atoms with van der Waals surface area (Å²) in [4.78, 5) is 26.3. The van der Waals surface area contributed by atoms with E-state index in [9.17, 15) is 18.0 Å². The number of morpholine rings is 1. The minimum absolute atomic E-state index is 0.156. The van der Waals surface area contributed by atoms with Crippen LogP contribution in [-0.2, 0) is 19.7 Å². The lowest BCUT2D eigenvalue weighted by atomic mass is 10.2. The molecule has 11 heteroatoms. The van der Waals surface area contributed by atoms with Gasteiger partial charge in [-0.05, 0) is 26.8 Å². The normalized spacial score (nSPS) is 25.6. The van der Waals surface area contributed by atoms with E-state index in [1.165, 1.54) is 27.2 Å². The maximum Gasteiger partial charge on any atom is 0.282 e. The first-order valence-corrected chi connectivity index (χ1v) is 11.1. The van der Waals surface area contributed by atoms with Crippen LogP contribution in [0.1, 0.15) is 31.1 Å². The Balaban J connectivity index is 1.54. The van der Waals surface area contributed by atoms with Crippen LogP contribution in [0.2, 0.25) is 0 Å². The highest BCUT2D eigenvalue weighted by Crippen LogP contribution is 2.19. The minimum atomic E-state index is -3.60. The van der Waals surface area contributed by atoms with Crippen LogP contribution in [0, 0.1) is 0 Å². The van der Waals surface area contributed by atoms with Crippen LogP contribution >= 0.6 is 0 Å². The number of nitrogens with one attached hydrogen (secondary N) is 1. The number of carbonyl (C=O) groups excluding carboxylic acids is 2. The largest absolute Gasteiger partial charge is 0.472 e. The fourth-order valence-corrected chi connectivity index (χ4v) is 5.38. The highest BCUT2D eigenvalue weighted by atomic mass is 32.2. The minimum Gasteiger partial charge on any atom is -0.472 e. The molecule has 0 saturated carbocycles. The van der Waals surface area contributed by atoms with Crippen molar-refractivity contribution >= 4 is 22.0 Å². The maximum absolute atomic E-state index is 12.9. The Morgan fingerprint density at radius 1 is 1.10 bits per heavy atom. The Labute approximate surface area is 170 Å².